The molecule has 0 amide bonds. The fourth-order valence-electron chi connectivity index (χ4n) is 1.80. The van der Waals surface area contributed by atoms with Crippen molar-refractivity contribution in [3.8, 4) is 0 Å². The summed E-state index contributed by atoms with van der Waals surface area (Å²) in [5.74, 6) is 1.84. The van der Waals surface area contributed by atoms with Crippen LogP contribution in [0.4, 0.5) is 0 Å². The first-order chi connectivity index (χ1) is 7.85. The lowest BCUT2D eigenvalue weighted by atomic mass is 10.1. The second-order valence-electron chi connectivity index (χ2n) is 3.64. The van der Waals surface area contributed by atoms with E-state index in [4.69, 9.17) is 5.73 Å². The number of benzene rings is 1. The van der Waals surface area contributed by atoms with Gasteiger partial charge in [-0.25, -0.2) is 0 Å². The third kappa shape index (κ3) is 2.12. The zero-order chi connectivity index (χ0) is 11.4. The van der Waals surface area contributed by atoms with Crippen molar-refractivity contribution in [1.29, 1.82) is 0 Å². The van der Waals surface area contributed by atoms with E-state index in [0.717, 1.165) is 24.6 Å². The van der Waals surface area contributed by atoms with Gasteiger partial charge in [0.05, 0.1) is 6.54 Å². The fraction of sp³-hybridized carbons (Fsp3) is 0.333. The molecule has 2 N–H and O–H groups in total. The van der Waals surface area contributed by atoms with Gasteiger partial charge < -0.3 is 10.3 Å². The number of hydrogen-bond acceptors (Lipinski definition) is 3. The SMILES string of the molecule is CCn1c(CN)nnc1Cc1ccccc1. The van der Waals surface area contributed by atoms with Gasteiger partial charge in [0.25, 0.3) is 0 Å². The maximum atomic E-state index is 5.61. The van der Waals surface area contributed by atoms with E-state index in [9.17, 15) is 0 Å². The summed E-state index contributed by atoms with van der Waals surface area (Å²) in [5.41, 5.74) is 6.85. The van der Waals surface area contributed by atoms with Crippen molar-refractivity contribution in [3.05, 3.63) is 47.5 Å². The Kier molecular flexibility index (Phi) is 3.31. The Morgan fingerprint density at radius 3 is 2.44 bits per heavy atom. The van der Waals surface area contributed by atoms with Gasteiger partial charge in [-0.2, -0.15) is 0 Å². The van der Waals surface area contributed by atoms with E-state index in [2.05, 4.69) is 33.8 Å². The standard InChI is InChI=1S/C12H16N4/c1-2-16-11(14-15-12(16)9-13)8-10-6-4-3-5-7-10/h3-7H,2,8-9,13H2,1H3. The molecule has 4 heteroatoms. The maximum absolute atomic E-state index is 5.61. The van der Waals surface area contributed by atoms with Crippen LogP contribution in [-0.2, 0) is 19.5 Å². The minimum atomic E-state index is 0.440. The first-order valence-corrected chi connectivity index (χ1v) is 5.50. The first-order valence-electron chi connectivity index (χ1n) is 5.50. The van der Waals surface area contributed by atoms with Crippen LogP contribution in [0.2, 0.25) is 0 Å². The van der Waals surface area contributed by atoms with Gasteiger partial charge in [0, 0.05) is 13.0 Å². The highest BCUT2D eigenvalue weighted by molar-refractivity contribution is 5.19. The highest BCUT2D eigenvalue weighted by atomic mass is 15.3. The van der Waals surface area contributed by atoms with Crippen LogP contribution >= 0.6 is 0 Å². The van der Waals surface area contributed by atoms with Crippen LogP contribution in [0.5, 0.6) is 0 Å². The van der Waals surface area contributed by atoms with Crippen molar-refractivity contribution in [2.75, 3.05) is 0 Å². The molecule has 0 bridgehead atoms. The lowest BCUT2D eigenvalue weighted by molar-refractivity contribution is 0.668. The summed E-state index contributed by atoms with van der Waals surface area (Å²) in [7, 11) is 0. The second-order valence-corrected chi connectivity index (χ2v) is 3.64. The Bertz CT molecular complexity index is 447. The molecule has 1 aromatic heterocycles. The normalized spacial score (nSPS) is 10.6. The topological polar surface area (TPSA) is 56.7 Å². The van der Waals surface area contributed by atoms with E-state index in [1.807, 2.05) is 18.2 Å². The van der Waals surface area contributed by atoms with Gasteiger partial charge >= 0.3 is 0 Å². The molecule has 0 aliphatic carbocycles. The molecule has 0 fully saturated rings. The summed E-state index contributed by atoms with van der Waals surface area (Å²) >= 11 is 0. The average Bonchev–Trinajstić information content (AvgIpc) is 2.72. The Morgan fingerprint density at radius 2 is 1.81 bits per heavy atom. The van der Waals surface area contributed by atoms with Crippen LogP contribution in [0.15, 0.2) is 30.3 Å². The molecule has 16 heavy (non-hydrogen) atoms. The Hall–Kier alpha value is -1.68. The minimum absolute atomic E-state index is 0.440. The summed E-state index contributed by atoms with van der Waals surface area (Å²) in [6.07, 6.45) is 0.807. The van der Waals surface area contributed by atoms with E-state index in [1.165, 1.54) is 5.56 Å². The Balaban J connectivity index is 2.25. The average molecular weight is 216 g/mol. The summed E-state index contributed by atoms with van der Waals surface area (Å²) in [4.78, 5) is 0. The van der Waals surface area contributed by atoms with Crippen molar-refractivity contribution in [3.63, 3.8) is 0 Å². The molecule has 0 saturated carbocycles. The van der Waals surface area contributed by atoms with Gasteiger partial charge in [0.2, 0.25) is 0 Å². The van der Waals surface area contributed by atoms with E-state index in [-0.39, 0.29) is 0 Å². The van der Waals surface area contributed by atoms with Gasteiger partial charge in [0.15, 0.2) is 0 Å². The van der Waals surface area contributed by atoms with Crippen molar-refractivity contribution in [1.82, 2.24) is 14.8 Å². The summed E-state index contributed by atoms with van der Waals surface area (Å²) in [6, 6.07) is 10.3. The van der Waals surface area contributed by atoms with E-state index in [0.29, 0.717) is 6.54 Å². The highest BCUT2D eigenvalue weighted by Gasteiger charge is 2.09. The monoisotopic (exact) mass is 216 g/mol. The summed E-state index contributed by atoms with van der Waals surface area (Å²) in [6.45, 7) is 3.38. The number of aromatic nitrogens is 3. The first kappa shape index (κ1) is 10.8. The predicted molar refractivity (Wildman–Crippen MR) is 62.8 cm³/mol. The number of nitrogens with two attached hydrogens (primary N) is 1. The second kappa shape index (κ2) is 4.90. The minimum Gasteiger partial charge on any atom is -0.324 e. The molecule has 84 valence electrons. The van der Waals surface area contributed by atoms with Gasteiger partial charge in [-0.3, -0.25) is 0 Å². The molecule has 0 unspecified atom stereocenters. The van der Waals surface area contributed by atoms with E-state index in [1.54, 1.807) is 0 Å². The number of nitrogens with zero attached hydrogens (tertiary/aromatic N) is 3. The fourth-order valence-corrected chi connectivity index (χ4v) is 1.80. The molecule has 0 aliphatic rings. The molecule has 0 saturated heterocycles. The zero-order valence-electron chi connectivity index (χ0n) is 9.43. The lowest BCUT2D eigenvalue weighted by Gasteiger charge is -2.06. The molecule has 4 nitrogen and oxygen atoms in total. The predicted octanol–water partition coefficient (Wildman–Crippen LogP) is 1.35. The Morgan fingerprint density at radius 1 is 1.12 bits per heavy atom. The molecule has 2 aromatic rings. The third-order valence-electron chi connectivity index (χ3n) is 2.61. The van der Waals surface area contributed by atoms with Crippen LogP contribution in [-0.4, -0.2) is 14.8 Å². The highest BCUT2D eigenvalue weighted by Crippen LogP contribution is 2.08. The maximum Gasteiger partial charge on any atom is 0.146 e. The molecule has 0 atom stereocenters. The van der Waals surface area contributed by atoms with Crippen molar-refractivity contribution < 1.29 is 0 Å². The lowest BCUT2D eigenvalue weighted by Crippen LogP contribution is -2.10. The quantitative estimate of drug-likeness (QED) is 0.839. The van der Waals surface area contributed by atoms with Gasteiger partial charge in [-0.1, -0.05) is 30.3 Å². The molecule has 1 heterocycles. The number of rotatable bonds is 4. The molecule has 0 aliphatic heterocycles. The van der Waals surface area contributed by atoms with E-state index < -0.39 is 0 Å². The largest absolute Gasteiger partial charge is 0.324 e. The smallest absolute Gasteiger partial charge is 0.146 e. The van der Waals surface area contributed by atoms with Gasteiger partial charge in [-0.15, -0.1) is 10.2 Å². The summed E-state index contributed by atoms with van der Waals surface area (Å²) in [5, 5.41) is 8.28. The molecular weight excluding hydrogens is 200 g/mol. The van der Waals surface area contributed by atoms with Crippen LogP contribution in [0.25, 0.3) is 0 Å². The summed E-state index contributed by atoms with van der Waals surface area (Å²) < 4.78 is 2.08. The van der Waals surface area contributed by atoms with Crippen molar-refractivity contribution >= 4 is 0 Å². The zero-order valence-corrected chi connectivity index (χ0v) is 9.43. The van der Waals surface area contributed by atoms with Crippen molar-refractivity contribution in [2.24, 2.45) is 5.73 Å². The molecular formula is C12H16N4. The van der Waals surface area contributed by atoms with E-state index >= 15 is 0 Å². The van der Waals surface area contributed by atoms with Gasteiger partial charge in [-0.05, 0) is 12.5 Å². The third-order valence-corrected chi connectivity index (χ3v) is 2.61. The van der Waals surface area contributed by atoms with Crippen LogP contribution < -0.4 is 5.73 Å². The molecule has 0 spiro atoms. The van der Waals surface area contributed by atoms with Gasteiger partial charge in [0.1, 0.15) is 11.6 Å². The van der Waals surface area contributed by atoms with Crippen LogP contribution in [0, 0.1) is 0 Å². The molecule has 2 rings (SSSR count). The van der Waals surface area contributed by atoms with Crippen LogP contribution in [0.3, 0.4) is 0 Å². The Labute approximate surface area is 95.1 Å². The molecule has 1 aromatic carbocycles. The number of hydrogen-bond donors (Lipinski definition) is 1. The van der Waals surface area contributed by atoms with Crippen LogP contribution in [0.1, 0.15) is 24.1 Å². The van der Waals surface area contributed by atoms with Crippen molar-refractivity contribution in [2.45, 2.75) is 26.4 Å². The molecule has 0 radical (unpaired) electrons.